The Balaban J connectivity index is 1.71. The summed E-state index contributed by atoms with van der Waals surface area (Å²) in [4.78, 5) is 10.5. The molecule has 0 saturated carbocycles. The van der Waals surface area contributed by atoms with Gasteiger partial charge in [0.15, 0.2) is 11.6 Å². The second-order valence-corrected chi connectivity index (χ2v) is 4.84. The monoisotopic (exact) mass is 279 g/mol. The number of oxime groups is 1. The summed E-state index contributed by atoms with van der Waals surface area (Å²) in [6.45, 7) is 2.88. The van der Waals surface area contributed by atoms with E-state index in [0.29, 0.717) is 24.7 Å². The number of ether oxygens (including phenoxy) is 2. The highest BCUT2D eigenvalue weighted by molar-refractivity contribution is 5.95. The lowest BCUT2D eigenvalue weighted by Crippen LogP contribution is -2.45. The summed E-state index contributed by atoms with van der Waals surface area (Å²) in [6.07, 6.45) is 4.72. The standard InChI is InChI=1S/C12H17N5O3/c13-11(16-18)9-7-14-8-10(15-9)17-3-1-12(2-4-17)19-5-6-20-12/h7-8,18H,1-6H2,(H2,13,16). The molecule has 0 amide bonds. The van der Waals surface area contributed by atoms with Gasteiger partial charge in [-0.1, -0.05) is 5.16 Å². The summed E-state index contributed by atoms with van der Waals surface area (Å²) in [5, 5.41) is 11.6. The van der Waals surface area contributed by atoms with Crippen molar-refractivity contribution in [3.05, 3.63) is 18.1 Å². The van der Waals surface area contributed by atoms with Gasteiger partial charge in [0.2, 0.25) is 0 Å². The highest BCUT2D eigenvalue weighted by Crippen LogP contribution is 2.32. The third-order valence-corrected chi connectivity index (χ3v) is 3.65. The van der Waals surface area contributed by atoms with E-state index in [9.17, 15) is 0 Å². The van der Waals surface area contributed by atoms with Crippen LogP contribution in [0.1, 0.15) is 18.5 Å². The van der Waals surface area contributed by atoms with E-state index in [2.05, 4.69) is 20.0 Å². The Morgan fingerprint density at radius 3 is 2.65 bits per heavy atom. The molecule has 8 heteroatoms. The van der Waals surface area contributed by atoms with Gasteiger partial charge < -0.3 is 25.3 Å². The van der Waals surface area contributed by atoms with Crippen molar-refractivity contribution in [1.29, 1.82) is 0 Å². The maximum atomic E-state index is 8.68. The van der Waals surface area contributed by atoms with Crippen LogP contribution >= 0.6 is 0 Å². The van der Waals surface area contributed by atoms with E-state index in [1.54, 1.807) is 6.20 Å². The topological polar surface area (TPSA) is 106 Å². The first-order chi connectivity index (χ1) is 9.72. The minimum atomic E-state index is -0.410. The fraction of sp³-hybridized carbons (Fsp3) is 0.583. The summed E-state index contributed by atoms with van der Waals surface area (Å²) in [5.74, 6) is 0.255. The lowest BCUT2D eigenvalue weighted by Gasteiger charge is -2.38. The second-order valence-electron chi connectivity index (χ2n) is 4.84. The van der Waals surface area contributed by atoms with Crippen molar-refractivity contribution in [1.82, 2.24) is 9.97 Å². The van der Waals surface area contributed by atoms with Gasteiger partial charge in [-0.05, 0) is 0 Å². The molecule has 0 unspecified atom stereocenters. The number of amidine groups is 1. The fourth-order valence-electron chi connectivity index (χ4n) is 2.54. The molecule has 0 atom stereocenters. The quantitative estimate of drug-likeness (QED) is 0.337. The third kappa shape index (κ3) is 2.39. The van der Waals surface area contributed by atoms with Crippen LogP contribution in [-0.2, 0) is 9.47 Å². The second kappa shape index (κ2) is 5.22. The van der Waals surface area contributed by atoms with Crippen LogP contribution in [0.15, 0.2) is 17.5 Å². The molecule has 0 bridgehead atoms. The molecular weight excluding hydrogens is 262 g/mol. The number of anilines is 1. The molecule has 1 aromatic rings. The summed E-state index contributed by atoms with van der Waals surface area (Å²) in [6, 6.07) is 0. The van der Waals surface area contributed by atoms with Crippen molar-refractivity contribution in [3.63, 3.8) is 0 Å². The molecule has 3 rings (SSSR count). The van der Waals surface area contributed by atoms with Crippen LogP contribution in [0.2, 0.25) is 0 Å². The zero-order valence-electron chi connectivity index (χ0n) is 11.0. The van der Waals surface area contributed by atoms with Gasteiger partial charge in [0.25, 0.3) is 0 Å². The number of nitrogens with zero attached hydrogens (tertiary/aromatic N) is 4. The van der Waals surface area contributed by atoms with E-state index < -0.39 is 5.79 Å². The van der Waals surface area contributed by atoms with Gasteiger partial charge in [-0.3, -0.25) is 4.98 Å². The van der Waals surface area contributed by atoms with Crippen LogP contribution in [0.4, 0.5) is 5.82 Å². The van der Waals surface area contributed by atoms with Crippen LogP contribution in [-0.4, -0.2) is 53.1 Å². The molecule has 2 fully saturated rings. The van der Waals surface area contributed by atoms with E-state index in [1.165, 1.54) is 6.20 Å². The number of piperidine rings is 1. The minimum Gasteiger partial charge on any atom is -0.409 e. The largest absolute Gasteiger partial charge is 0.409 e. The Hall–Kier alpha value is -1.93. The first-order valence-electron chi connectivity index (χ1n) is 6.55. The van der Waals surface area contributed by atoms with Gasteiger partial charge in [-0.2, -0.15) is 0 Å². The molecule has 8 nitrogen and oxygen atoms in total. The van der Waals surface area contributed by atoms with Gasteiger partial charge in [-0.15, -0.1) is 0 Å². The van der Waals surface area contributed by atoms with Gasteiger partial charge in [-0.25, -0.2) is 4.98 Å². The molecule has 3 N–H and O–H groups in total. The molecule has 2 aliphatic heterocycles. The van der Waals surface area contributed by atoms with E-state index in [0.717, 1.165) is 25.9 Å². The molecule has 2 saturated heterocycles. The van der Waals surface area contributed by atoms with Crippen molar-refractivity contribution in [2.75, 3.05) is 31.2 Å². The van der Waals surface area contributed by atoms with E-state index in [1.807, 2.05) is 0 Å². The predicted octanol–water partition coefficient (Wildman–Crippen LogP) is -0.0856. The highest BCUT2D eigenvalue weighted by atomic mass is 16.7. The van der Waals surface area contributed by atoms with Crippen LogP contribution in [0.25, 0.3) is 0 Å². The number of hydrogen-bond donors (Lipinski definition) is 2. The van der Waals surface area contributed by atoms with E-state index >= 15 is 0 Å². The average Bonchev–Trinajstić information content (AvgIpc) is 2.95. The number of rotatable bonds is 2. The van der Waals surface area contributed by atoms with Crippen molar-refractivity contribution in [2.45, 2.75) is 18.6 Å². The molecule has 1 aromatic heterocycles. The molecule has 20 heavy (non-hydrogen) atoms. The Bertz CT molecular complexity index is 506. The van der Waals surface area contributed by atoms with Gasteiger partial charge in [0, 0.05) is 25.9 Å². The molecule has 1 spiro atoms. The molecule has 108 valence electrons. The summed E-state index contributed by atoms with van der Waals surface area (Å²) < 4.78 is 11.4. The van der Waals surface area contributed by atoms with E-state index in [-0.39, 0.29) is 5.84 Å². The van der Waals surface area contributed by atoms with Gasteiger partial charge in [0.1, 0.15) is 11.5 Å². The van der Waals surface area contributed by atoms with Crippen molar-refractivity contribution >= 4 is 11.7 Å². The molecule has 3 heterocycles. The van der Waals surface area contributed by atoms with E-state index in [4.69, 9.17) is 20.4 Å². The first-order valence-corrected chi connectivity index (χ1v) is 6.55. The van der Waals surface area contributed by atoms with Gasteiger partial charge >= 0.3 is 0 Å². The zero-order valence-corrected chi connectivity index (χ0v) is 11.0. The lowest BCUT2D eigenvalue weighted by molar-refractivity contribution is -0.169. The highest BCUT2D eigenvalue weighted by Gasteiger charge is 2.40. The lowest BCUT2D eigenvalue weighted by atomic mass is 10.0. The average molecular weight is 279 g/mol. The molecule has 0 radical (unpaired) electrons. The maximum absolute atomic E-state index is 8.68. The Morgan fingerprint density at radius 2 is 2.00 bits per heavy atom. The fourth-order valence-corrected chi connectivity index (χ4v) is 2.54. The Kier molecular flexibility index (Phi) is 3.41. The number of aromatic nitrogens is 2. The zero-order chi connectivity index (χ0) is 14.0. The van der Waals surface area contributed by atoms with Crippen molar-refractivity contribution < 1.29 is 14.7 Å². The van der Waals surface area contributed by atoms with Crippen molar-refractivity contribution in [3.8, 4) is 0 Å². The SMILES string of the molecule is N/C(=N\O)c1cncc(N2CCC3(CC2)OCCO3)n1. The van der Waals surface area contributed by atoms with Crippen LogP contribution < -0.4 is 10.6 Å². The first kappa shape index (κ1) is 13.1. The number of nitrogens with two attached hydrogens (primary N) is 1. The van der Waals surface area contributed by atoms with Crippen LogP contribution in [0, 0.1) is 0 Å². The van der Waals surface area contributed by atoms with Crippen LogP contribution in [0.5, 0.6) is 0 Å². The summed E-state index contributed by atoms with van der Waals surface area (Å²) in [7, 11) is 0. The summed E-state index contributed by atoms with van der Waals surface area (Å²) in [5.41, 5.74) is 5.89. The Labute approximate surface area is 116 Å². The summed E-state index contributed by atoms with van der Waals surface area (Å²) >= 11 is 0. The molecule has 2 aliphatic rings. The number of hydrogen-bond acceptors (Lipinski definition) is 7. The van der Waals surface area contributed by atoms with Gasteiger partial charge in [0.05, 0.1) is 25.6 Å². The maximum Gasteiger partial charge on any atom is 0.190 e. The molecular formula is C12H17N5O3. The molecule has 0 aliphatic carbocycles. The third-order valence-electron chi connectivity index (χ3n) is 3.65. The predicted molar refractivity (Wildman–Crippen MR) is 70.6 cm³/mol. The minimum absolute atomic E-state index is 0.0460. The van der Waals surface area contributed by atoms with Crippen LogP contribution in [0.3, 0.4) is 0 Å². The molecule has 0 aromatic carbocycles. The Morgan fingerprint density at radius 1 is 1.30 bits per heavy atom. The normalized spacial score (nSPS) is 22.4. The van der Waals surface area contributed by atoms with Crippen molar-refractivity contribution in [2.24, 2.45) is 10.9 Å². The smallest absolute Gasteiger partial charge is 0.190 e.